The molecule has 2 aromatic carbocycles. The molecule has 0 aliphatic rings. The van der Waals surface area contributed by atoms with Gasteiger partial charge in [-0.25, -0.2) is 13.6 Å². The molecule has 0 saturated heterocycles. The van der Waals surface area contributed by atoms with Crippen molar-refractivity contribution in [3.63, 3.8) is 0 Å². The molecule has 0 radical (unpaired) electrons. The van der Waals surface area contributed by atoms with Gasteiger partial charge in [0, 0.05) is 10.9 Å². The van der Waals surface area contributed by atoms with Gasteiger partial charge in [0.15, 0.2) is 0 Å². The molecule has 0 fully saturated rings. The monoisotopic (exact) mass is 339 g/mol. The second kappa shape index (κ2) is 6.79. The van der Waals surface area contributed by atoms with Crippen LogP contribution in [0.15, 0.2) is 47.4 Å². The van der Waals surface area contributed by atoms with Gasteiger partial charge in [0.25, 0.3) is 0 Å². The van der Waals surface area contributed by atoms with E-state index in [0.717, 1.165) is 11.1 Å². The van der Waals surface area contributed by atoms with Gasteiger partial charge in [0.1, 0.15) is 0 Å². The molecule has 0 aromatic heterocycles. The van der Waals surface area contributed by atoms with Crippen LogP contribution in [0.25, 0.3) is 0 Å². The zero-order valence-corrected chi connectivity index (χ0v) is 13.7. The first-order chi connectivity index (χ1) is 10.3. The second-order valence-electron chi connectivity index (χ2n) is 5.30. The zero-order valence-electron chi connectivity index (χ0n) is 12.2. The van der Waals surface area contributed by atoms with Crippen molar-refractivity contribution in [2.45, 2.75) is 24.2 Å². The van der Waals surface area contributed by atoms with Gasteiger partial charge in [-0.3, -0.25) is 0 Å². The largest absolute Gasteiger partial charge is 0.396 e. The predicted molar refractivity (Wildman–Crippen MR) is 87.5 cm³/mol. The topological polar surface area (TPSA) is 80.4 Å². The van der Waals surface area contributed by atoms with Crippen molar-refractivity contribution in [3.05, 3.63) is 64.2 Å². The quantitative estimate of drug-likeness (QED) is 0.878. The molecule has 1 atom stereocenters. The van der Waals surface area contributed by atoms with Crippen molar-refractivity contribution in [1.82, 2.24) is 0 Å². The summed E-state index contributed by atoms with van der Waals surface area (Å²) in [6, 6.07) is 12.2. The average Bonchev–Trinajstić information content (AvgIpc) is 2.45. The van der Waals surface area contributed by atoms with E-state index in [-0.39, 0.29) is 17.4 Å². The van der Waals surface area contributed by atoms with Crippen LogP contribution in [-0.2, 0) is 16.4 Å². The Bertz CT molecular complexity index is 757. The molecule has 0 aliphatic heterocycles. The van der Waals surface area contributed by atoms with Crippen LogP contribution in [0, 0.1) is 6.92 Å². The van der Waals surface area contributed by atoms with Crippen molar-refractivity contribution in [3.8, 4) is 0 Å². The summed E-state index contributed by atoms with van der Waals surface area (Å²) in [5, 5.41) is 15.6. The Morgan fingerprint density at radius 3 is 2.36 bits per heavy atom. The van der Waals surface area contributed by atoms with Gasteiger partial charge in [-0.15, -0.1) is 0 Å². The Balaban J connectivity index is 2.42. The fourth-order valence-electron chi connectivity index (χ4n) is 2.42. The normalized spacial score (nSPS) is 13.1. The average molecular weight is 340 g/mol. The molecule has 0 heterocycles. The molecule has 0 saturated carbocycles. The highest BCUT2D eigenvalue weighted by molar-refractivity contribution is 7.89. The Kier molecular flexibility index (Phi) is 5.24. The first-order valence-electron chi connectivity index (χ1n) is 6.80. The van der Waals surface area contributed by atoms with Crippen molar-refractivity contribution in [2.24, 2.45) is 5.14 Å². The van der Waals surface area contributed by atoms with Gasteiger partial charge in [-0.2, -0.15) is 0 Å². The molecule has 0 unspecified atom stereocenters. The Morgan fingerprint density at radius 2 is 1.82 bits per heavy atom. The summed E-state index contributed by atoms with van der Waals surface area (Å²) in [4.78, 5) is 0.0612. The number of halogens is 1. The molecule has 3 N–H and O–H groups in total. The van der Waals surface area contributed by atoms with Gasteiger partial charge in [-0.05, 0) is 42.7 Å². The number of sulfonamides is 1. The minimum atomic E-state index is -3.84. The Hall–Kier alpha value is -1.40. The number of primary sulfonamides is 1. The molecular formula is C16H18ClNO3S. The summed E-state index contributed by atoms with van der Waals surface area (Å²) < 4.78 is 23.5. The van der Waals surface area contributed by atoms with E-state index in [1.54, 1.807) is 24.3 Å². The van der Waals surface area contributed by atoms with E-state index in [4.69, 9.17) is 16.7 Å². The van der Waals surface area contributed by atoms with Crippen LogP contribution >= 0.6 is 11.6 Å². The summed E-state index contributed by atoms with van der Waals surface area (Å²) in [6.45, 7) is 1.70. The predicted octanol–water partition coefficient (Wildman–Crippen LogP) is 2.61. The maximum absolute atomic E-state index is 11.8. The van der Waals surface area contributed by atoms with Crippen molar-refractivity contribution in [2.75, 3.05) is 6.61 Å². The van der Waals surface area contributed by atoms with Gasteiger partial charge in [0.2, 0.25) is 10.0 Å². The summed E-state index contributed by atoms with van der Waals surface area (Å²) in [6.07, 6.45) is 0.500. The SMILES string of the molecule is Cc1ccc(S(N)(=O)=O)c([C@@H](CO)Cc2ccc(Cl)cc2)c1. The van der Waals surface area contributed by atoms with Gasteiger partial charge >= 0.3 is 0 Å². The number of aliphatic hydroxyl groups excluding tert-OH is 1. The third-order valence-corrected chi connectivity index (χ3v) is 4.76. The molecule has 0 amide bonds. The molecular weight excluding hydrogens is 322 g/mol. The van der Waals surface area contributed by atoms with Crippen LogP contribution < -0.4 is 5.14 Å². The number of aryl methyl sites for hydroxylation is 1. The summed E-state index contributed by atoms with van der Waals surface area (Å²) in [7, 11) is -3.84. The zero-order chi connectivity index (χ0) is 16.3. The number of hydrogen-bond donors (Lipinski definition) is 2. The molecule has 0 spiro atoms. The van der Waals surface area contributed by atoms with E-state index in [9.17, 15) is 13.5 Å². The number of benzene rings is 2. The van der Waals surface area contributed by atoms with Gasteiger partial charge < -0.3 is 5.11 Å². The lowest BCUT2D eigenvalue weighted by Gasteiger charge is -2.18. The highest BCUT2D eigenvalue weighted by atomic mass is 35.5. The second-order valence-corrected chi connectivity index (χ2v) is 7.26. The molecule has 0 bridgehead atoms. The number of rotatable bonds is 5. The van der Waals surface area contributed by atoms with Gasteiger partial charge in [0.05, 0.1) is 11.5 Å². The number of aliphatic hydroxyl groups is 1. The maximum atomic E-state index is 11.8. The van der Waals surface area contributed by atoms with Crippen LogP contribution in [0.4, 0.5) is 0 Å². The van der Waals surface area contributed by atoms with E-state index in [1.165, 1.54) is 6.07 Å². The standard InChI is InChI=1S/C16H18ClNO3S/c1-11-2-7-16(22(18,20)21)15(8-11)13(10-19)9-12-3-5-14(17)6-4-12/h2-8,13,19H,9-10H2,1H3,(H2,18,20,21)/t13-/m1/s1. The van der Waals surface area contributed by atoms with Crippen LogP contribution in [0.5, 0.6) is 0 Å². The van der Waals surface area contributed by atoms with Crippen LogP contribution in [0.1, 0.15) is 22.6 Å². The van der Waals surface area contributed by atoms with Gasteiger partial charge in [-0.1, -0.05) is 41.4 Å². The molecule has 2 aromatic rings. The van der Waals surface area contributed by atoms with Crippen LogP contribution in [0.3, 0.4) is 0 Å². The lowest BCUT2D eigenvalue weighted by atomic mass is 9.91. The van der Waals surface area contributed by atoms with E-state index in [0.29, 0.717) is 17.0 Å². The summed E-state index contributed by atoms with van der Waals surface area (Å²) >= 11 is 5.86. The fraction of sp³-hybridized carbons (Fsp3) is 0.250. The summed E-state index contributed by atoms with van der Waals surface area (Å²) in [5.74, 6) is -0.352. The highest BCUT2D eigenvalue weighted by Crippen LogP contribution is 2.28. The Morgan fingerprint density at radius 1 is 1.18 bits per heavy atom. The lowest BCUT2D eigenvalue weighted by molar-refractivity contribution is 0.263. The van der Waals surface area contributed by atoms with Crippen molar-refractivity contribution < 1.29 is 13.5 Å². The molecule has 0 aliphatic carbocycles. The molecule has 22 heavy (non-hydrogen) atoms. The third-order valence-electron chi connectivity index (χ3n) is 3.53. The van der Waals surface area contributed by atoms with E-state index in [2.05, 4.69) is 0 Å². The van der Waals surface area contributed by atoms with Crippen LogP contribution in [-0.4, -0.2) is 20.1 Å². The minimum Gasteiger partial charge on any atom is -0.396 e. The molecule has 2 rings (SSSR count). The maximum Gasteiger partial charge on any atom is 0.238 e. The minimum absolute atomic E-state index is 0.0612. The van der Waals surface area contributed by atoms with Crippen LogP contribution in [0.2, 0.25) is 5.02 Å². The molecule has 118 valence electrons. The smallest absolute Gasteiger partial charge is 0.238 e. The number of hydrogen-bond acceptors (Lipinski definition) is 3. The number of nitrogens with two attached hydrogens (primary N) is 1. The first-order valence-corrected chi connectivity index (χ1v) is 8.72. The summed E-state index contributed by atoms with van der Waals surface area (Å²) in [5.41, 5.74) is 2.42. The fourth-order valence-corrected chi connectivity index (χ4v) is 3.36. The highest BCUT2D eigenvalue weighted by Gasteiger charge is 2.21. The lowest BCUT2D eigenvalue weighted by Crippen LogP contribution is -2.18. The molecule has 6 heteroatoms. The third kappa shape index (κ3) is 4.08. The Labute approximate surface area is 135 Å². The van der Waals surface area contributed by atoms with Crippen molar-refractivity contribution >= 4 is 21.6 Å². The van der Waals surface area contributed by atoms with Crippen molar-refractivity contribution in [1.29, 1.82) is 0 Å². The van der Waals surface area contributed by atoms with E-state index in [1.807, 2.05) is 19.1 Å². The van der Waals surface area contributed by atoms with E-state index >= 15 is 0 Å². The first kappa shape index (κ1) is 17.0. The molecule has 4 nitrogen and oxygen atoms in total. The van der Waals surface area contributed by atoms with E-state index < -0.39 is 10.0 Å².